The lowest BCUT2D eigenvalue weighted by Crippen LogP contribution is -2.00. The maximum Gasteiger partial charge on any atom is 0.183 e. The second kappa shape index (κ2) is 4.83. The molecule has 0 saturated heterocycles. The number of benzene rings is 1. The van der Waals surface area contributed by atoms with E-state index in [2.05, 4.69) is 10.3 Å². The van der Waals surface area contributed by atoms with Crippen molar-refractivity contribution >= 4 is 38.3 Å². The van der Waals surface area contributed by atoms with Crippen LogP contribution in [0.5, 0.6) is 0 Å². The fourth-order valence-electron chi connectivity index (χ4n) is 1.97. The SMILES string of the molecule is Clc1ccc2sc(NCCCC3CC3)nc2c1. The van der Waals surface area contributed by atoms with E-state index >= 15 is 0 Å². The highest BCUT2D eigenvalue weighted by molar-refractivity contribution is 7.22. The van der Waals surface area contributed by atoms with Crippen molar-refractivity contribution in [3.8, 4) is 0 Å². The van der Waals surface area contributed by atoms with Crippen molar-refractivity contribution in [2.24, 2.45) is 5.92 Å². The van der Waals surface area contributed by atoms with Gasteiger partial charge in [-0.15, -0.1) is 0 Å². The summed E-state index contributed by atoms with van der Waals surface area (Å²) in [5.41, 5.74) is 0.993. The maximum atomic E-state index is 5.94. The summed E-state index contributed by atoms with van der Waals surface area (Å²) < 4.78 is 1.19. The largest absolute Gasteiger partial charge is 0.361 e. The van der Waals surface area contributed by atoms with Gasteiger partial charge in [0, 0.05) is 11.6 Å². The first-order valence-corrected chi connectivity index (χ1v) is 7.31. The van der Waals surface area contributed by atoms with E-state index in [0.717, 1.165) is 28.1 Å². The van der Waals surface area contributed by atoms with Gasteiger partial charge in [-0.2, -0.15) is 0 Å². The minimum absolute atomic E-state index is 0.753. The van der Waals surface area contributed by atoms with Gasteiger partial charge in [0.25, 0.3) is 0 Å². The van der Waals surface area contributed by atoms with E-state index in [1.807, 2.05) is 18.2 Å². The zero-order valence-corrected chi connectivity index (χ0v) is 11.2. The Hall–Kier alpha value is -0.800. The quantitative estimate of drug-likeness (QED) is 0.803. The van der Waals surface area contributed by atoms with E-state index in [9.17, 15) is 0 Å². The van der Waals surface area contributed by atoms with E-state index in [0.29, 0.717) is 0 Å². The zero-order valence-electron chi connectivity index (χ0n) is 9.58. The van der Waals surface area contributed by atoms with Crippen LogP contribution in [0.4, 0.5) is 5.13 Å². The van der Waals surface area contributed by atoms with E-state index < -0.39 is 0 Å². The number of halogens is 1. The van der Waals surface area contributed by atoms with Crippen LogP contribution in [0.25, 0.3) is 10.2 Å². The number of rotatable bonds is 5. The van der Waals surface area contributed by atoms with E-state index in [1.165, 1.54) is 30.4 Å². The van der Waals surface area contributed by atoms with Gasteiger partial charge in [-0.05, 0) is 37.0 Å². The van der Waals surface area contributed by atoms with Crippen molar-refractivity contribution in [2.45, 2.75) is 25.7 Å². The molecular weight excluding hydrogens is 252 g/mol. The molecule has 1 aromatic carbocycles. The standard InChI is InChI=1S/C13H15ClN2S/c14-10-5-6-12-11(8-10)16-13(17-12)15-7-1-2-9-3-4-9/h5-6,8-9H,1-4,7H2,(H,15,16). The molecule has 1 aliphatic carbocycles. The molecule has 1 saturated carbocycles. The van der Waals surface area contributed by atoms with Gasteiger partial charge in [-0.25, -0.2) is 4.98 Å². The first-order chi connectivity index (χ1) is 8.31. The summed E-state index contributed by atoms with van der Waals surface area (Å²) in [4.78, 5) is 4.53. The summed E-state index contributed by atoms with van der Waals surface area (Å²) in [6, 6.07) is 5.87. The van der Waals surface area contributed by atoms with Crippen molar-refractivity contribution in [1.82, 2.24) is 4.98 Å². The molecule has 17 heavy (non-hydrogen) atoms. The maximum absolute atomic E-state index is 5.94. The van der Waals surface area contributed by atoms with Gasteiger partial charge in [0.05, 0.1) is 10.2 Å². The van der Waals surface area contributed by atoms with Gasteiger partial charge >= 0.3 is 0 Å². The summed E-state index contributed by atoms with van der Waals surface area (Å²) in [6.07, 6.45) is 5.50. The average Bonchev–Trinajstić information content (AvgIpc) is 3.04. The third-order valence-electron chi connectivity index (χ3n) is 3.11. The molecule has 1 heterocycles. The van der Waals surface area contributed by atoms with E-state index in [4.69, 9.17) is 11.6 Å². The first kappa shape index (κ1) is 11.3. The van der Waals surface area contributed by atoms with Crippen molar-refractivity contribution in [3.05, 3.63) is 23.2 Å². The highest BCUT2D eigenvalue weighted by Gasteiger charge is 2.19. The molecule has 0 unspecified atom stereocenters. The Kier molecular flexibility index (Phi) is 3.21. The molecule has 90 valence electrons. The van der Waals surface area contributed by atoms with E-state index in [-0.39, 0.29) is 0 Å². The predicted octanol–water partition coefficient (Wildman–Crippen LogP) is 4.55. The molecule has 1 aliphatic rings. The molecule has 0 atom stereocenters. The molecule has 4 heteroatoms. The minimum atomic E-state index is 0.753. The summed E-state index contributed by atoms with van der Waals surface area (Å²) in [6.45, 7) is 1.03. The molecular formula is C13H15ClN2S. The van der Waals surface area contributed by atoms with Crippen LogP contribution < -0.4 is 5.32 Å². The van der Waals surface area contributed by atoms with Gasteiger partial charge in [-0.1, -0.05) is 35.8 Å². The monoisotopic (exact) mass is 266 g/mol. The number of hydrogen-bond donors (Lipinski definition) is 1. The molecule has 2 nitrogen and oxygen atoms in total. The van der Waals surface area contributed by atoms with Gasteiger partial charge in [0.1, 0.15) is 0 Å². The fourth-order valence-corrected chi connectivity index (χ4v) is 3.01. The number of nitrogens with one attached hydrogen (secondary N) is 1. The van der Waals surface area contributed by atoms with E-state index in [1.54, 1.807) is 11.3 Å². The normalized spacial score (nSPS) is 15.4. The van der Waals surface area contributed by atoms with Crippen LogP contribution in [0.3, 0.4) is 0 Å². The fraction of sp³-hybridized carbons (Fsp3) is 0.462. The highest BCUT2D eigenvalue weighted by atomic mass is 35.5. The molecule has 0 bridgehead atoms. The molecule has 0 amide bonds. The summed E-state index contributed by atoms with van der Waals surface area (Å²) >= 11 is 7.64. The zero-order chi connectivity index (χ0) is 11.7. The number of hydrogen-bond acceptors (Lipinski definition) is 3. The van der Waals surface area contributed by atoms with Crippen molar-refractivity contribution in [3.63, 3.8) is 0 Å². The van der Waals surface area contributed by atoms with Crippen LogP contribution in [0.2, 0.25) is 5.02 Å². The smallest absolute Gasteiger partial charge is 0.183 e. The number of aromatic nitrogens is 1. The van der Waals surface area contributed by atoms with Crippen LogP contribution in [-0.2, 0) is 0 Å². The van der Waals surface area contributed by atoms with Gasteiger partial charge in [-0.3, -0.25) is 0 Å². The first-order valence-electron chi connectivity index (χ1n) is 6.11. The molecule has 2 aromatic rings. The Morgan fingerprint density at radius 3 is 3.12 bits per heavy atom. The molecule has 1 N–H and O–H groups in total. The van der Waals surface area contributed by atoms with Crippen LogP contribution >= 0.6 is 22.9 Å². The highest BCUT2D eigenvalue weighted by Crippen LogP contribution is 2.33. The molecule has 0 aliphatic heterocycles. The topological polar surface area (TPSA) is 24.9 Å². The number of thiazole rings is 1. The summed E-state index contributed by atoms with van der Waals surface area (Å²) in [7, 11) is 0. The van der Waals surface area contributed by atoms with Gasteiger partial charge in [0.2, 0.25) is 0 Å². The Balaban J connectivity index is 1.60. The summed E-state index contributed by atoms with van der Waals surface area (Å²) in [5.74, 6) is 1.02. The Morgan fingerprint density at radius 2 is 2.29 bits per heavy atom. The summed E-state index contributed by atoms with van der Waals surface area (Å²) in [5, 5.41) is 5.17. The second-order valence-electron chi connectivity index (χ2n) is 4.64. The second-order valence-corrected chi connectivity index (χ2v) is 6.11. The van der Waals surface area contributed by atoms with Crippen molar-refractivity contribution < 1.29 is 0 Å². The minimum Gasteiger partial charge on any atom is -0.361 e. The van der Waals surface area contributed by atoms with Gasteiger partial charge < -0.3 is 5.32 Å². The van der Waals surface area contributed by atoms with Gasteiger partial charge in [0.15, 0.2) is 5.13 Å². The third-order valence-corrected chi connectivity index (χ3v) is 4.34. The Bertz CT molecular complexity index is 519. The third kappa shape index (κ3) is 2.90. The van der Waals surface area contributed by atoms with Crippen LogP contribution in [0, 0.1) is 5.92 Å². The Morgan fingerprint density at radius 1 is 1.41 bits per heavy atom. The molecule has 0 radical (unpaired) electrons. The number of fused-ring (bicyclic) bond motifs is 1. The molecule has 1 fully saturated rings. The lowest BCUT2D eigenvalue weighted by atomic mass is 10.2. The average molecular weight is 267 g/mol. The van der Waals surface area contributed by atoms with Crippen LogP contribution in [0.1, 0.15) is 25.7 Å². The van der Waals surface area contributed by atoms with Crippen molar-refractivity contribution in [1.29, 1.82) is 0 Å². The predicted molar refractivity (Wildman–Crippen MR) is 75.1 cm³/mol. The van der Waals surface area contributed by atoms with Crippen LogP contribution in [-0.4, -0.2) is 11.5 Å². The van der Waals surface area contributed by atoms with Crippen molar-refractivity contribution in [2.75, 3.05) is 11.9 Å². The molecule has 3 rings (SSSR count). The molecule has 0 spiro atoms. The number of nitrogens with zero attached hydrogens (tertiary/aromatic N) is 1. The lowest BCUT2D eigenvalue weighted by Gasteiger charge is -2.00. The molecule has 1 aromatic heterocycles. The van der Waals surface area contributed by atoms with Crippen LogP contribution in [0.15, 0.2) is 18.2 Å². The lowest BCUT2D eigenvalue weighted by molar-refractivity contribution is 0.687. The Labute approximate surface area is 110 Å². The number of anilines is 1.